The summed E-state index contributed by atoms with van der Waals surface area (Å²) in [6.45, 7) is -0.338. The van der Waals surface area contributed by atoms with Gasteiger partial charge in [-0.05, 0) is 31.7 Å². The Bertz CT molecular complexity index is 1170. The topological polar surface area (TPSA) is 91.6 Å². The molecule has 1 atom stereocenters. The van der Waals surface area contributed by atoms with Gasteiger partial charge in [0, 0.05) is 31.4 Å². The van der Waals surface area contributed by atoms with Gasteiger partial charge < -0.3 is 19.9 Å². The fourth-order valence-electron chi connectivity index (χ4n) is 4.14. The SMILES string of the molecule is O=C(O)c1cn(C2CC2)c2c(F)c(N3CCCC3CNC(=O)C(F)(F)F)c(F)cc2c1=O. The maximum atomic E-state index is 15.6. The summed E-state index contributed by atoms with van der Waals surface area (Å²) in [6, 6.07) is -0.267. The zero-order valence-electron chi connectivity index (χ0n) is 16.5. The fourth-order valence-corrected chi connectivity index (χ4v) is 4.14. The first-order chi connectivity index (χ1) is 15.0. The highest BCUT2D eigenvalue weighted by molar-refractivity contribution is 5.94. The van der Waals surface area contributed by atoms with Gasteiger partial charge in [0.1, 0.15) is 17.1 Å². The molecule has 2 N–H and O–H groups in total. The number of nitrogens with one attached hydrogen (secondary N) is 1. The monoisotopic (exact) mass is 459 g/mol. The maximum absolute atomic E-state index is 15.6. The average molecular weight is 459 g/mol. The molecule has 0 radical (unpaired) electrons. The smallest absolute Gasteiger partial charge is 0.471 e. The van der Waals surface area contributed by atoms with Gasteiger partial charge in [0.05, 0.1) is 10.9 Å². The number of rotatable bonds is 5. The van der Waals surface area contributed by atoms with Crippen molar-refractivity contribution in [3.8, 4) is 0 Å². The largest absolute Gasteiger partial charge is 0.477 e. The van der Waals surface area contributed by atoms with E-state index in [2.05, 4.69) is 0 Å². The van der Waals surface area contributed by atoms with E-state index in [1.165, 1.54) is 9.47 Å². The number of carboxylic acid groups (broad SMARTS) is 1. The van der Waals surface area contributed by atoms with Crippen molar-refractivity contribution < 1.29 is 36.6 Å². The van der Waals surface area contributed by atoms with Crippen LogP contribution >= 0.6 is 0 Å². The minimum absolute atomic E-state index is 0.132. The number of carboxylic acids is 1. The highest BCUT2D eigenvalue weighted by Crippen LogP contribution is 2.40. The van der Waals surface area contributed by atoms with E-state index in [0.717, 1.165) is 12.3 Å². The molecule has 0 bridgehead atoms. The zero-order valence-corrected chi connectivity index (χ0v) is 16.5. The highest BCUT2D eigenvalue weighted by atomic mass is 19.4. The van der Waals surface area contributed by atoms with Crippen molar-refractivity contribution >= 4 is 28.5 Å². The van der Waals surface area contributed by atoms with Crippen molar-refractivity contribution in [2.24, 2.45) is 0 Å². The maximum Gasteiger partial charge on any atom is 0.471 e. The van der Waals surface area contributed by atoms with Crippen molar-refractivity contribution in [3.05, 3.63) is 39.7 Å². The van der Waals surface area contributed by atoms with Gasteiger partial charge >= 0.3 is 18.1 Å². The number of hydrogen-bond donors (Lipinski definition) is 2. The highest BCUT2D eigenvalue weighted by Gasteiger charge is 2.40. The lowest BCUT2D eigenvalue weighted by molar-refractivity contribution is -0.173. The van der Waals surface area contributed by atoms with Gasteiger partial charge in [-0.25, -0.2) is 13.6 Å². The molecule has 2 heterocycles. The molecule has 172 valence electrons. The van der Waals surface area contributed by atoms with Crippen molar-refractivity contribution in [1.29, 1.82) is 0 Å². The second-order valence-corrected chi connectivity index (χ2v) is 7.93. The Labute approximate surface area is 177 Å². The van der Waals surface area contributed by atoms with Gasteiger partial charge in [-0.2, -0.15) is 13.2 Å². The second kappa shape index (κ2) is 7.75. The standard InChI is InChI=1S/C20H18F5N3O4/c21-13-6-11-15(28(9-3-4-9)8-12(17(11)29)18(30)31)14(22)16(13)27-5-1-2-10(27)7-26-19(32)20(23,24)25/h6,8-10H,1-5,7H2,(H,26,32)(H,30,31). The summed E-state index contributed by atoms with van der Waals surface area (Å²) in [5.41, 5.74) is -2.39. The van der Waals surface area contributed by atoms with Crippen LogP contribution in [0.4, 0.5) is 27.6 Å². The van der Waals surface area contributed by atoms with E-state index < -0.39 is 64.3 Å². The number of pyridine rings is 1. The summed E-state index contributed by atoms with van der Waals surface area (Å²) in [6.07, 6.45) is -2.07. The molecular formula is C20H18F5N3O4. The number of amides is 1. The number of aromatic carboxylic acids is 1. The Hall–Kier alpha value is -3.18. The molecule has 1 aliphatic carbocycles. The van der Waals surface area contributed by atoms with Crippen LogP contribution in [-0.4, -0.2) is 46.9 Å². The van der Waals surface area contributed by atoms with Gasteiger partial charge in [0.15, 0.2) is 5.82 Å². The number of nitrogens with zero attached hydrogens (tertiary/aromatic N) is 2. The average Bonchev–Trinajstić information content (AvgIpc) is 3.45. The van der Waals surface area contributed by atoms with Crippen LogP contribution < -0.4 is 15.6 Å². The number of anilines is 1. The fraction of sp³-hybridized carbons (Fsp3) is 0.450. The zero-order chi connectivity index (χ0) is 23.4. The number of halogens is 5. The molecule has 12 heteroatoms. The summed E-state index contributed by atoms with van der Waals surface area (Å²) in [7, 11) is 0. The van der Waals surface area contributed by atoms with Crippen LogP contribution in [-0.2, 0) is 4.79 Å². The number of benzene rings is 1. The number of hydrogen-bond acceptors (Lipinski definition) is 4. The van der Waals surface area contributed by atoms with Crippen LogP contribution in [0, 0.1) is 11.6 Å². The Morgan fingerprint density at radius 3 is 2.47 bits per heavy atom. The van der Waals surface area contributed by atoms with E-state index >= 15 is 8.78 Å². The number of fused-ring (bicyclic) bond motifs is 1. The number of carbonyl (C=O) groups is 2. The third-order valence-corrected chi connectivity index (χ3v) is 5.77. The van der Waals surface area contributed by atoms with Crippen molar-refractivity contribution in [2.75, 3.05) is 18.0 Å². The van der Waals surface area contributed by atoms with Gasteiger partial charge in [-0.3, -0.25) is 9.59 Å². The van der Waals surface area contributed by atoms with E-state index in [4.69, 9.17) is 0 Å². The summed E-state index contributed by atoms with van der Waals surface area (Å²) < 4.78 is 69.4. The third kappa shape index (κ3) is 3.78. The lowest BCUT2D eigenvalue weighted by Crippen LogP contribution is -2.45. The number of aromatic nitrogens is 1. The molecule has 1 aromatic carbocycles. The molecule has 1 aliphatic heterocycles. The Balaban J connectivity index is 1.79. The van der Waals surface area contributed by atoms with E-state index in [0.29, 0.717) is 25.7 Å². The third-order valence-electron chi connectivity index (χ3n) is 5.77. The normalized spacial score (nSPS) is 18.9. The minimum atomic E-state index is -5.08. The Morgan fingerprint density at radius 1 is 1.19 bits per heavy atom. The molecule has 0 spiro atoms. The van der Waals surface area contributed by atoms with Crippen molar-refractivity contribution in [2.45, 2.75) is 43.9 Å². The lowest BCUT2D eigenvalue weighted by atomic mass is 10.1. The summed E-state index contributed by atoms with van der Waals surface area (Å²) in [4.78, 5) is 36.3. The minimum Gasteiger partial charge on any atom is -0.477 e. The van der Waals surface area contributed by atoms with Crippen LogP contribution in [0.5, 0.6) is 0 Å². The lowest BCUT2D eigenvalue weighted by Gasteiger charge is -2.28. The molecule has 32 heavy (non-hydrogen) atoms. The van der Waals surface area contributed by atoms with Gasteiger partial charge in [-0.1, -0.05) is 0 Å². The van der Waals surface area contributed by atoms with Gasteiger partial charge in [-0.15, -0.1) is 0 Å². The van der Waals surface area contributed by atoms with E-state index in [1.807, 2.05) is 0 Å². The van der Waals surface area contributed by atoms with Crippen molar-refractivity contribution in [1.82, 2.24) is 9.88 Å². The number of carbonyl (C=O) groups excluding carboxylic acids is 1. The molecule has 1 unspecified atom stereocenters. The second-order valence-electron chi connectivity index (χ2n) is 7.93. The van der Waals surface area contributed by atoms with Gasteiger partial charge in [0.25, 0.3) is 0 Å². The summed E-state index contributed by atoms with van der Waals surface area (Å²) in [5, 5.41) is 10.6. The molecule has 2 aromatic rings. The predicted octanol–water partition coefficient (Wildman–Crippen LogP) is 2.96. The van der Waals surface area contributed by atoms with E-state index in [-0.39, 0.29) is 18.1 Å². The predicted molar refractivity (Wildman–Crippen MR) is 103 cm³/mol. The van der Waals surface area contributed by atoms with Crippen LogP contribution in [0.2, 0.25) is 0 Å². The molecule has 1 saturated heterocycles. The first-order valence-electron chi connectivity index (χ1n) is 9.92. The van der Waals surface area contributed by atoms with E-state index in [9.17, 15) is 32.7 Å². The van der Waals surface area contributed by atoms with Crippen LogP contribution in [0.15, 0.2) is 17.1 Å². The summed E-state index contributed by atoms with van der Waals surface area (Å²) in [5.74, 6) is -5.88. The molecule has 4 rings (SSSR count). The molecule has 1 saturated carbocycles. The molecular weight excluding hydrogens is 441 g/mol. The number of alkyl halides is 3. The molecule has 1 aromatic heterocycles. The quantitative estimate of drug-likeness (QED) is 0.671. The molecule has 2 fully saturated rings. The Morgan fingerprint density at radius 2 is 1.88 bits per heavy atom. The molecule has 1 amide bonds. The first kappa shape index (κ1) is 22.0. The summed E-state index contributed by atoms with van der Waals surface area (Å²) >= 11 is 0. The molecule has 7 nitrogen and oxygen atoms in total. The van der Waals surface area contributed by atoms with Crippen LogP contribution in [0.3, 0.4) is 0 Å². The molecule has 2 aliphatic rings. The Kier molecular flexibility index (Phi) is 5.33. The first-order valence-corrected chi connectivity index (χ1v) is 9.92. The van der Waals surface area contributed by atoms with Gasteiger partial charge in [0.2, 0.25) is 5.43 Å². The van der Waals surface area contributed by atoms with Crippen molar-refractivity contribution in [3.63, 3.8) is 0 Å². The van der Waals surface area contributed by atoms with Crippen LogP contribution in [0.25, 0.3) is 10.9 Å². The van der Waals surface area contributed by atoms with Crippen LogP contribution in [0.1, 0.15) is 42.1 Å². The van der Waals surface area contributed by atoms with E-state index in [1.54, 1.807) is 5.32 Å².